The first-order valence-corrected chi connectivity index (χ1v) is 9.19. The van der Waals surface area contributed by atoms with Crippen LogP contribution in [0, 0.1) is 0 Å². The average molecular weight is 366 g/mol. The summed E-state index contributed by atoms with van der Waals surface area (Å²) in [5, 5.41) is 0. The molecular weight excluding hydrogens is 344 g/mol. The highest BCUT2D eigenvalue weighted by molar-refractivity contribution is 5.77. The number of carbonyl (C=O) groups excluding carboxylic acids is 1. The lowest BCUT2D eigenvalue weighted by molar-refractivity contribution is -0.132. The van der Waals surface area contributed by atoms with Gasteiger partial charge in [-0.1, -0.05) is 24.3 Å². The molecule has 1 aliphatic heterocycles. The predicted octanol–water partition coefficient (Wildman–Crippen LogP) is 3.36. The SMILES string of the molecule is COc1ccc([C@H]2CCCN2C(=O)CCn2c(=O)oc3ccccc32)cc1. The Morgan fingerprint density at radius 1 is 1.19 bits per heavy atom. The molecule has 3 aromatic rings. The fourth-order valence-corrected chi connectivity index (χ4v) is 3.81. The molecule has 0 aliphatic carbocycles. The number of para-hydroxylation sites is 2. The van der Waals surface area contributed by atoms with Gasteiger partial charge in [0, 0.05) is 19.5 Å². The number of likely N-dealkylation sites (tertiary alicyclic amines) is 1. The fourth-order valence-electron chi connectivity index (χ4n) is 3.81. The molecule has 0 unspecified atom stereocenters. The third-order valence-electron chi connectivity index (χ3n) is 5.20. The largest absolute Gasteiger partial charge is 0.497 e. The summed E-state index contributed by atoms with van der Waals surface area (Å²) in [5.74, 6) is 0.448. The Morgan fingerprint density at radius 2 is 1.96 bits per heavy atom. The molecule has 1 fully saturated rings. The van der Waals surface area contributed by atoms with Crippen molar-refractivity contribution in [2.45, 2.75) is 31.8 Å². The van der Waals surface area contributed by atoms with Gasteiger partial charge in [0.05, 0.1) is 18.7 Å². The van der Waals surface area contributed by atoms with Crippen LogP contribution in [-0.4, -0.2) is 29.0 Å². The van der Waals surface area contributed by atoms with Crippen LogP contribution in [0.3, 0.4) is 0 Å². The summed E-state index contributed by atoms with van der Waals surface area (Å²) in [6, 6.07) is 15.2. The van der Waals surface area contributed by atoms with Crippen molar-refractivity contribution in [2.75, 3.05) is 13.7 Å². The Kier molecular flexibility index (Phi) is 4.71. The van der Waals surface area contributed by atoms with E-state index in [1.165, 1.54) is 4.57 Å². The molecule has 2 heterocycles. The zero-order valence-electron chi connectivity index (χ0n) is 15.3. The van der Waals surface area contributed by atoms with Gasteiger partial charge in [0.25, 0.3) is 0 Å². The summed E-state index contributed by atoms with van der Waals surface area (Å²) in [5.41, 5.74) is 2.39. The van der Waals surface area contributed by atoms with E-state index < -0.39 is 5.76 Å². The number of aryl methyl sites for hydroxylation is 1. The molecule has 0 radical (unpaired) electrons. The summed E-state index contributed by atoms with van der Waals surface area (Å²) in [7, 11) is 1.64. The van der Waals surface area contributed by atoms with E-state index in [0.29, 0.717) is 12.1 Å². The van der Waals surface area contributed by atoms with Crippen LogP contribution >= 0.6 is 0 Å². The molecule has 4 rings (SSSR count). The number of rotatable bonds is 5. The van der Waals surface area contributed by atoms with Gasteiger partial charge in [-0.2, -0.15) is 0 Å². The lowest BCUT2D eigenvalue weighted by Gasteiger charge is -2.25. The van der Waals surface area contributed by atoms with Crippen LogP contribution in [0.4, 0.5) is 0 Å². The molecule has 0 bridgehead atoms. The minimum Gasteiger partial charge on any atom is -0.497 e. The molecule has 1 aromatic heterocycles. The highest BCUT2D eigenvalue weighted by Gasteiger charge is 2.29. The second-order valence-corrected chi connectivity index (χ2v) is 6.76. The van der Waals surface area contributed by atoms with Gasteiger partial charge >= 0.3 is 5.76 Å². The van der Waals surface area contributed by atoms with E-state index in [4.69, 9.17) is 9.15 Å². The van der Waals surface area contributed by atoms with Crippen LogP contribution in [0.15, 0.2) is 57.7 Å². The highest BCUT2D eigenvalue weighted by atomic mass is 16.5. The molecule has 6 nitrogen and oxygen atoms in total. The highest BCUT2D eigenvalue weighted by Crippen LogP contribution is 2.33. The molecule has 27 heavy (non-hydrogen) atoms. The molecule has 0 saturated carbocycles. The number of amides is 1. The van der Waals surface area contributed by atoms with Crippen LogP contribution < -0.4 is 10.5 Å². The van der Waals surface area contributed by atoms with Crippen LogP contribution in [0.25, 0.3) is 11.1 Å². The number of benzene rings is 2. The van der Waals surface area contributed by atoms with Crippen LogP contribution in [0.2, 0.25) is 0 Å². The van der Waals surface area contributed by atoms with Gasteiger partial charge in [-0.15, -0.1) is 0 Å². The van der Waals surface area contributed by atoms with Crippen LogP contribution in [-0.2, 0) is 11.3 Å². The van der Waals surface area contributed by atoms with E-state index in [-0.39, 0.29) is 18.4 Å². The van der Waals surface area contributed by atoms with Crippen LogP contribution in [0.5, 0.6) is 5.75 Å². The monoisotopic (exact) mass is 366 g/mol. The van der Waals surface area contributed by atoms with Crippen molar-refractivity contribution in [1.29, 1.82) is 0 Å². The van der Waals surface area contributed by atoms with Crippen molar-refractivity contribution < 1.29 is 13.9 Å². The van der Waals surface area contributed by atoms with Crippen molar-refractivity contribution in [3.8, 4) is 5.75 Å². The van der Waals surface area contributed by atoms with Crippen molar-refractivity contribution in [3.05, 3.63) is 64.6 Å². The van der Waals surface area contributed by atoms with Crippen molar-refractivity contribution >= 4 is 17.0 Å². The van der Waals surface area contributed by atoms with Gasteiger partial charge in [-0.3, -0.25) is 9.36 Å². The number of nitrogens with zero attached hydrogens (tertiary/aromatic N) is 2. The van der Waals surface area contributed by atoms with E-state index in [0.717, 1.165) is 36.2 Å². The Hall–Kier alpha value is -3.02. The third-order valence-corrected chi connectivity index (χ3v) is 5.20. The standard InChI is InChI=1S/C21H22N2O4/c1-26-16-10-8-15(9-11-16)17-6-4-13-22(17)20(24)12-14-23-18-5-2-3-7-19(18)27-21(23)25/h2-3,5,7-11,17H,4,6,12-14H2,1H3/t17-/m1/s1. The summed E-state index contributed by atoms with van der Waals surface area (Å²) < 4.78 is 12.0. The van der Waals surface area contributed by atoms with Crippen molar-refractivity contribution in [3.63, 3.8) is 0 Å². The Balaban J connectivity index is 1.48. The minimum atomic E-state index is -0.419. The summed E-state index contributed by atoms with van der Waals surface area (Å²) in [4.78, 5) is 26.9. The first kappa shape index (κ1) is 17.4. The Labute approximate surface area is 157 Å². The molecule has 1 atom stereocenters. The lowest BCUT2D eigenvalue weighted by Crippen LogP contribution is -2.31. The van der Waals surface area contributed by atoms with E-state index >= 15 is 0 Å². The normalized spacial score (nSPS) is 16.8. The molecule has 2 aromatic carbocycles. The van der Waals surface area contributed by atoms with E-state index in [1.54, 1.807) is 13.2 Å². The quantitative estimate of drug-likeness (QED) is 0.695. The molecule has 1 amide bonds. The maximum Gasteiger partial charge on any atom is 0.419 e. The lowest BCUT2D eigenvalue weighted by atomic mass is 10.0. The molecule has 0 spiro atoms. The zero-order chi connectivity index (χ0) is 18.8. The van der Waals surface area contributed by atoms with Gasteiger partial charge in [0.15, 0.2) is 5.58 Å². The van der Waals surface area contributed by atoms with Crippen molar-refractivity contribution in [1.82, 2.24) is 9.47 Å². The zero-order valence-corrected chi connectivity index (χ0v) is 15.3. The first-order chi connectivity index (χ1) is 13.2. The van der Waals surface area contributed by atoms with Gasteiger partial charge < -0.3 is 14.1 Å². The predicted molar refractivity (Wildman–Crippen MR) is 102 cm³/mol. The summed E-state index contributed by atoms with van der Waals surface area (Å²) >= 11 is 0. The second kappa shape index (κ2) is 7.31. The Bertz CT molecular complexity index is 1000. The summed E-state index contributed by atoms with van der Waals surface area (Å²) in [6.07, 6.45) is 2.21. The first-order valence-electron chi connectivity index (χ1n) is 9.19. The molecule has 0 N–H and O–H groups in total. The van der Waals surface area contributed by atoms with Crippen LogP contribution in [0.1, 0.15) is 30.9 Å². The third kappa shape index (κ3) is 3.35. The number of fused-ring (bicyclic) bond motifs is 1. The molecular formula is C21H22N2O4. The van der Waals surface area contributed by atoms with Gasteiger partial charge in [-0.25, -0.2) is 4.79 Å². The number of methoxy groups -OCH3 is 1. The molecule has 6 heteroatoms. The molecule has 140 valence electrons. The fraction of sp³-hybridized carbons (Fsp3) is 0.333. The maximum absolute atomic E-state index is 12.8. The number of ether oxygens (including phenoxy) is 1. The van der Waals surface area contributed by atoms with E-state index in [9.17, 15) is 9.59 Å². The molecule has 1 aliphatic rings. The number of hydrogen-bond acceptors (Lipinski definition) is 4. The summed E-state index contributed by atoms with van der Waals surface area (Å²) in [6.45, 7) is 1.07. The Morgan fingerprint density at radius 3 is 2.74 bits per heavy atom. The van der Waals surface area contributed by atoms with Gasteiger partial charge in [0.2, 0.25) is 5.91 Å². The van der Waals surface area contributed by atoms with Gasteiger partial charge in [-0.05, 0) is 42.7 Å². The number of carbonyl (C=O) groups is 1. The average Bonchev–Trinajstić information content (AvgIpc) is 3.30. The number of oxazole rings is 1. The minimum absolute atomic E-state index is 0.0606. The number of hydrogen-bond donors (Lipinski definition) is 0. The van der Waals surface area contributed by atoms with Crippen molar-refractivity contribution in [2.24, 2.45) is 0 Å². The number of aromatic nitrogens is 1. The van der Waals surface area contributed by atoms with E-state index in [1.807, 2.05) is 47.4 Å². The second-order valence-electron chi connectivity index (χ2n) is 6.76. The molecule has 1 saturated heterocycles. The van der Waals surface area contributed by atoms with Gasteiger partial charge in [0.1, 0.15) is 5.75 Å². The maximum atomic E-state index is 12.8. The smallest absolute Gasteiger partial charge is 0.419 e. The van der Waals surface area contributed by atoms with E-state index in [2.05, 4.69) is 0 Å². The topological polar surface area (TPSA) is 64.7 Å².